The Balaban J connectivity index is 1.38. The van der Waals surface area contributed by atoms with E-state index in [0.29, 0.717) is 17.8 Å². The highest BCUT2D eigenvalue weighted by atomic mass is 32.2. The van der Waals surface area contributed by atoms with Crippen LogP contribution < -0.4 is 30.1 Å². The van der Waals surface area contributed by atoms with Gasteiger partial charge in [0.1, 0.15) is 11.9 Å². The average Bonchev–Trinajstić information content (AvgIpc) is 3.46. The van der Waals surface area contributed by atoms with Crippen LogP contribution in [-0.2, 0) is 39.0 Å². The molecule has 1 saturated heterocycles. The molecule has 20 heteroatoms. The van der Waals surface area contributed by atoms with E-state index < -0.39 is 64.0 Å². The van der Waals surface area contributed by atoms with Crippen molar-refractivity contribution in [3.63, 3.8) is 0 Å². The first-order valence-electron chi connectivity index (χ1n) is 12.8. The van der Waals surface area contributed by atoms with Gasteiger partial charge in [-0.05, 0) is 36.4 Å². The largest absolute Gasteiger partial charge is 0.495 e. The van der Waals surface area contributed by atoms with Crippen LogP contribution in [0.4, 0.5) is 18.9 Å². The van der Waals surface area contributed by atoms with Crippen molar-refractivity contribution in [2.75, 3.05) is 44.4 Å². The van der Waals surface area contributed by atoms with Gasteiger partial charge in [0.15, 0.2) is 11.5 Å². The first-order valence-corrected chi connectivity index (χ1v) is 14.3. The minimum atomic E-state index is -5.52. The van der Waals surface area contributed by atoms with E-state index in [4.69, 9.17) is 20.6 Å². The number of nitrogen functional groups attached to an aromatic ring is 1. The maximum atomic E-state index is 13.0. The second kappa shape index (κ2) is 13.3. The van der Waals surface area contributed by atoms with Gasteiger partial charge in [-0.3, -0.25) is 15.0 Å². The van der Waals surface area contributed by atoms with E-state index in [2.05, 4.69) is 15.1 Å². The number of nitrogens with one attached hydrogen (secondary N) is 3. The zero-order chi connectivity index (χ0) is 32.9. The summed E-state index contributed by atoms with van der Waals surface area (Å²) < 4.78 is 75.4. The monoisotopic (exact) mass is 658 g/mol. The molecule has 2 aliphatic rings. The first-order chi connectivity index (χ1) is 21.1. The summed E-state index contributed by atoms with van der Waals surface area (Å²) in [6.07, 6.45) is -5.52. The van der Waals surface area contributed by atoms with Gasteiger partial charge in [0, 0.05) is 37.0 Å². The highest BCUT2D eigenvalue weighted by Gasteiger charge is 2.43. The fourth-order valence-electron chi connectivity index (χ4n) is 4.05. The zero-order valence-corrected chi connectivity index (χ0v) is 23.8. The molecule has 4 rings (SSSR count). The highest BCUT2D eigenvalue weighted by Crippen LogP contribution is 2.33. The number of alkyl halides is 3. The van der Waals surface area contributed by atoms with E-state index in [1.807, 2.05) is 4.72 Å². The number of benzene rings is 2. The third kappa shape index (κ3) is 8.29. The molecule has 2 aromatic rings. The van der Waals surface area contributed by atoms with Crippen LogP contribution in [0.2, 0.25) is 0 Å². The van der Waals surface area contributed by atoms with Gasteiger partial charge in [-0.15, -0.1) is 0 Å². The Labute approximate surface area is 252 Å². The summed E-state index contributed by atoms with van der Waals surface area (Å²) in [5, 5.41) is 9.67. The van der Waals surface area contributed by atoms with Crippen molar-refractivity contribution in [2.24, 2.45) is 5.73 Å². The van der Waals surface area contributed by atoms with Gasteiger partial charge in [0.25, 0.3) is 0 Å². The van der Waals surface area contributed by atoms with Gasteiger partial charge in [-0.2, -0.15) is 17.9 Å². The molecule has 1 atom stereocenters. The van der Waals surface area contributed by atoms with Crippen LogP contribution >= 0.6 is 0 Å². The second-order valence-electron chi connectivity index (χ2n) is 9.46. The molecule has 1 fully saturated rings. The standard InChI is InChI=1S/C25H25F3N6O10S/c26-25(27,28)24(38)44-43-23(37)17(32-45(39,40)16-5-6-18-19(9-16)42-13-41-18)10-31-20(35)11-34-8-7-33(12-21(34)36)15-3-1-14(2-4-15)22(29)30/h1-6,9,17,32H,7-8,10-13H2,(H3,29,30)(H,31,35)/t17-/m0/s1. The summed E-state index contributed by atoms with van der Waals surface area (Å²) in [4.78, 5) is 58.7. The van der Waals surface area contributed by atoms with E-state index in [1.54, 1.807) is 29.2 Å². The second-order valence-corrected chi connectivity index (χ2v) is 11.2. The van der Waals surface area contributed by atoms with Crippen LogP contribution in [0.5, 0.6) is 11.5 Å². The van der Waals surface area contributed by atoms with Crippen LogP contribution in [0.3, 0.4) is 0 Å². The number of nitrogens with zero attached hydrogens (tertiary/aromatic N) is 2. The Kier molecular flexibility index (Phi) is 9.66. The molecular weight excluding hydrogens is 633 g/mol. The maximum absolute atomic E-state index is 13.0. The predicted octanol–water partition coefficient (Wildman–Crippen LogP) is -0.625. The molecule has 2 aromatic carbocycles. The number of amidine groups is 1. The Morgan fingerprint density at radius 3 is 2.38 bits per heavy atom. The number of carbonyl (C=O) groups is 4. The number of carbonyl (C=O) groups excluding carboxylic acids is 4. The number of fused-ring (bicyclic) bond motifs is 1. The van der Waals surface area contributed by atoms with Gasteiger partial charge in [0.2, 0.25) is 28.6 Å². The number of anilines is 1. The third-order valence-corrected chi connectivity index (χ3v) is 7.84. The van der Waals surface area contributed by atoms with E-state index >= 15 is 0 Å². The SMILES string of the molecule is N=C(N)c1ccc(N2CCN(CC(=O)NC[C@H](NS(=O)(=O)c3ccc4c(c3)OCO4)C(=O)OOC(=O)C(F)(F)F)C(=O)C2)cc1. The molecule has 16 nitrogen and oxygen atoms in total. The summed E-state index contributed by atoms with van der Waals surface area (Å²) in [7, 11) is -4.61. The zero-order valence-electron chi connectivity index (χ0n) is 23.0. The van der Waals surface area contributed by atoms with Crippen molar-refractivity contribution in [1.29, 1.82) is 5.41 Å². The molecule has 2 aliphatic heterocycles. The summed E-state index contributed by atoms with van der Waals surface area (Å²) in [6, 6.07) is 7.92. The fourth-order valence-corrected chi connectivity index (χ4v) is 5.25. The lowest BCUT2D eigenvalue weighted by molar-refractivity contribution is -0.286. The minimum absolute atomic E-state index is 0.0576. The summed E-state index contributed by atoms with van der Waals surface area (Å²) in [5.41, 5.74) is 6.63. The molecule has 0 saturated carbocycles. The molecule has 2 amide bonds. The third-order valence-electron chi connectivity index (χ3n) is 6.37. The summed E-state index contributed by atoms with van der Waals surface area (Å²) >= 11 is 0. The Morgan fingerprint density at radius 1 is 1.04 bits per heavy atom. The van der Waals surface area contributed by atoms with Crippen molar-refractivity contribution in [3.05, 3.63) is 48.0 Å². The van der Waals surface area contributed by atoms with Crippen LogP contribution in [0, 0.1) is 5.41 Å². The number of amides is 2. The number of nitrogens with two attached hydrogens (primary N) is 1. The molecule has 0 spiro atoms. The van der Waals surface area contributed by atoms with Crippen molar-refractivity contribution in [2.45, 2.75) is 17.1 Å². The van der Waals surface area contributed by atoms with Crippen LogP contribution in [0.1, 0.15) is 5.56 Å². The van der Waals surface area contributed by atoms with E-state index in [9.17, 15) is 40.8 Å². The summed E-state index contributed by atoms with van der Waals surface area (Å²) in [5.74, 6) is -5.80. The lowest BCUT2D eigenvalue weighted by Crippen LogP contribution is -2.54. The van der Waals surface area contributed by atoms with Crippen LogP contribution in [0.15, 0.2) is 47.4 Å². The van der Waals surface area contributed by atoms with E-state index in [-0.39, 0.29) is 37.2 Å². The topological polar surface area (TPSA) is 220 Å². The molecule has 242 valence electrons. The van der Waals surface area contributed by atoms with Crippen molar-refractivity contribution >= 4 is 45.3 Å². The van der Waals surface area contributed by atoms with Crippen molar-refractivity contribution in [1.82, 2.24) is 14.9 Å². The minimum Gasteiger partial charge on any atom is -0.454 e. The normalized spacial score (nSPS) is 15.3. The maximum Gasteiger partial charge on any atom is 0.495 e. The molecule has 45 heavy (non-hydrogen) atoms. The van der Waals surface area contributed by atoms with Crippen molar-refractivity contribution in [3.8, 4) is 11.5 Å². The predicted molar refractivity (Wildman–Crippen MR) is 144 cm³/mol. The van der Waals surface area contributed by atoms with Gasteiger partial charge in [-0.25, -0.2) is 27.8 Å². The molecular formula is C25H25F3N6O10S. The number of ether oxygens (including phenoxy) is 2. The lowest BCUT2D eigenvalue weighted by Gasteiger charge is -2.35. The number of rotatable bonds is 10. The average molecular weight is 659 g/mol. The molecule has 0 aromatic heterocycles. The first kappa shape index (κ1) is 32.8. The van der Waals surface area contributed by atoms with Gasteiger partial charge in [-0.1, -0.05) is 0 Å². The number of hydrogen-bond donors (Lipinski definition) is 4. The van der Waals surface area contributed by atoms with Crippen LogP contribution in [0.25, 0.3) is 0 Å². The molecule has 0 unspecified atom stereocenters. The fraction of sp³-hybridized carbons (Fsp3) is 0.320. The van der Waals surface area contributed by atoms with E-state index in [0.717, 1.165) is 12.1 Å². The molecule has 2 heterocycles. The van der Waals surface area contributed by atoms with Gasteiger partial charge in [0.05, 0.1) is 18.0 Å². The number of piperazine rings is 1. The quantitative estimate of drug-likeness (QED) is 0.109. The highest BCUT2D eigenvalue weighted by molar-refractivity contribution is 7.89. The molecule has 5 N–H and O–H groups in total. The lowest BCUT2D eigenvalue weighted by atomic mass is 10.1. The van der Waals surface area contributed by atoms with Gasteiger partial charge < -0.3 is 30.3 Å². The van der Waals surface area contributed by atoms with Crippen LogP contribution in [-0.4, -0.2) is 94.6 Å². The molecule has 0 aliphatic carbocycles. The summed E-state index contributed by atoms with van der Waals surface area (Å²) in [6.45, 7) is -1.22. The number of sulfonamides is 1. The van der Waals surface area contributed by atoms with Gasteiger partial charge >= 0.3 is 18.1 Å². The Hall–Kier alpha value is -5.11. The Bertz CT molecular complexity index is 1600. The molecule has 0 bridgehead atoms. The number of hydrogen-bond acceptors (Lipinski definition) is 12. The number of halogens is 3. The van der Waals surface area contributed by atoms with Crippen molar-refractivity contribution < 1.29 is 60.0 Å². The van der Waals surface area contributed by atoms with E-state index in [1.165, 1.54) is 11.0 Å². The molecule has 0 radical (unpaired) electrons. The smallest absolute Gasteiger partial charge is 0.454 e. The Morgan fingerprint density at radius 2 is 1.73 bits per heavy atom.